The molecular weight excluding hydrogens is 392 g/mol. The number of aryl methyl sites for hydroxylation is 1. The van der Waals surface area contributed by atoms with Gasteiger partial charge in [-0.05, 0) is 24.3 Å². The van der Waals surface area contributed by atoms with E-state index in [2.05, 4.69) is 15.9 Å². The molecule has 0 spiro atoms. The second-order valence-electron chi connectivity index (χ2n) is 5.78. The van der Waals surface area contributed by atoms with Crippen LogP contribution in [0, 0.1) is 0 Å². The third-order valence-electron chi connectivity index (χ3n) is 4.24. The average Bonchev–Trinajstić information content (AvgIpc) is 2.84. The molecule has 1 unspecified atom stereocenters. The van der Waals surface area contributed by atoms with Crippen molar-refractivity contribution in [1.82, 2.24) is 9.47 Å². The predicted octanol–water partition coefficient (Wildman–Crippen LogP) is 4.14. The van der Waals surface area contributed by atoms with Crippen LogP contribution < -0.4 is 0 Å². The summed E-state index contributed by atoms with van der Waals surface area (Å²) >= 11 is 3.38. The molecule has 0 radical (unpaired) electrons. The Morgan fingerprint density at radius 2 is 2.04 bits per heavy atom. The summed E-state index contributed by atoms with van der Waals surface area (Å²) in [5.74, 6) is 0. The van der Waals surface area contributed by atoms with Gasteiger partial charge in [0.05, 0.1) is 19.8 Å². The van der Waals surface area contributed by atoms with E-state index in [-0.39, 0.29) is 32.8 Å². The molecule has 0 saturated carbocycles. The Kier molecular flexibility index (Phi) is 5.17. The van der Waals surface area contributed by atoms with Gasteiger partial charge in [0.15, 0.2) is 0 Å². The van der Waals surface area contributed by atoms with Crippen LogP contribution in [0.2, 0.25) is 0 Å². The second-order valence-corrected chi connectivity index (χ2v) is 6.70. The fraction of sp³-hybridized carbons (Fsp3) is 0.500. The number of fused-ring (bicyclic) bond motifs is 1. The van der Waals surface area contributed by atoms with Crippen LogP contribution in [0.15, 0.2) is 28.7 Å². The summed E-state index contributed by atoms with van der Waals surface area (Å²) in [6, 6.07) is 5.77. The Balaban J connectivity index is 1.94. The smallest absolute Gasteiger partial charge is 0.378 e. The summed E-state index contributed by atoms with van der Waals surface area (Å²) in [6.45, 7) is -0.231. The van der Waals surface area contributed by atoms with E-state index >= 15 is 0 Å². The Hall–Kier alpha value is -1.12. The molecule has 0 bridgehead atoms. The molecule has 1 saturated heterocycles. The van der Waals surface area contributed by atoms with Crippen LogP contribution >= 0.6 is 15.9 Å². The highest BCUT2D eigenvalue weighted by atomic mass is 79.9. The van der Waals surface area contributed by atoms with Gasteiger partial charge in [-0.15, -0.1) is 0 Å². The van der Waals surface area contributed by atoms with Crippen LogP contribution in [0.5, 0.6) is 0 Å². The van der Waals surface area contributed by atoms with Crippen LogP contribution in [0.1, 0.15) is 5.69 Å². The normalized spacial score (nSPS) is 20.0. The zero-order valence-electron chi connectivity index (χ0n) is 12.8. The predicted molar refractivity (Wildman–Crippen MR) is 86.7 cm³/mol. The zero-order valence-corrected chi connectivity index (χ0v) is 14.4. The lowest BCUT2D eigenvalue weighted by Crippen LogP contribution is -2.53. The van der Waals surface area contributed by atoms with Gasteiger partial charge in [-0.25, -0.2) is 4.39 Å². The van der Waals surface area contributed by atoms with Crippen LogP contribution in [0.25, 0.3) is 10.9 Å². The molecule has 3 rings (SSSR count). The first-order chi connectivity index (χ1) is 11.4. The molecule has 1 aliphatic heterocycles. The quantitative estimate of drug-likeness (QED) is 0.707. The van der Waals surface area contributed by atoms with E-state index in [1.54, 1.807) is 4.57 Å². The van der Waals surface area contributed by atoms with Crippen molar-refractivity contribution in [3.05, 3.63) is 34.4 Å². The van der Waals surface area contributed by atoms with Crippen LogP contribution in [0.3, 0.4) is 0 Å². The first-order valence-corrected chi connectivity index (χ1v) is 8.41. The number of benzene rings is 1. The molecule has 0 N–H and O–H groups in total. The van der Waals surface area contributed by atoms with Crippen LogP contribution in [-0.2, 0) is 17.8 Å². The molecular formula is C16H17BrF4N2O. The summed E-state index contributed by atoms with van der Waals surface area (Å²) in [4.78, 5) is 1.36. The number of ether oxygens (including phenoxy) is 1. The van der Waals surface area contributed by atoms with Crippen molar-refractivity contribution in [1.29, 1.82) is 0 Å². The molecule has 24 heavy (non-hydrogen) atoms. The number of rotatable bonds is 4. The monoisotopic (exact) mass is 408 g/mol. The molecule has 1 fully saturated rings. The van der Waals surface area contributed by atoms with E-state index < -0.39 is 18.9 Å². The summed E-state index contributed by atoms with van der Waals surface area (Å²) in [5, 5.41) is 0.879. The summed E-state index contributed by atoms with van der Waals surface area (Å²) in [7, 11) is 0. The lowest BCUT2D eigenvalue weighted by molar-refractivity contribution is -0.213. The standard InChI is InChI=1S/C16H17BrF4N2O/c17-12-1-2-14-11(7-12)8-13(23(14)4-3-18)9-22-5-6-24-10-15(22)16(19,20)21/h1-2,7-8,15H,3-6,9-10H2. The van der Waals surface area contributed by atoms with E-state index in [0.29, 0.717) is 5.69 Å². The Morgan fingerprint density at radius 3 is 2.75 bits per heavy atom. The number of morpholine rings is 1. The molecule has 1 aromatic heterocycles. The van der Waals surface area contributed by atoms with Gasteiger partial charge < -0.3 is 9.30 Å². The Bertz CT molecular complexity index is 716. The molecule has 8 heteroatoms. The third-order valence-corrected chi connectivity index (χ3v) is 4.73. The molecule has 1 aromatic carbocycles. The highest BCUT2D eigenvalue weighted by molar-refractivity contribution is 9.10. The van der Waals surface area contributed by atoms with Gasteiger partial charge in [-0.2, -0.15) is 13.2 Å². The van der Waals surface area contributed by atoms with Crippen molar-refractivity contribution in [2.75, 3.05) is 26.4 Å². The van der Waals surface area contributed by atoms with Crippen molar-refractivity contribution in [2.24, 2.45) is 0 Å². The number of alkyl halides is 4. The number of hydrogen-bond acceptors (Lipinski definition) is 2. The van der Waals surface area contributed by atoms with E-state index in [9.17, 15) is 17.6 Å². The fourth-order valence-electron chi connectivity index (χ4n) is 3.12. The van der Waals surface area contributed by atoms with Crippen molar-refractivity contribution >= 4 is 26.8 Å². The number of hydrogen-bond donors (Lipinski definition) is 0. The highest BCUT2D eigenvalue weighted by Gasteiger charge is 2.45. The van der Waals surface area contributed by atoms with E-state index in [4.69, 9.17) is 4.74 Å². The van der Waals surface area contributed by atoms with Gasteiger partial charge in [0, 0.05) is 34.2 Å². The summed E-state index contributed by atoms with van der Waals surface area (Å²) in [6.07, 6.45) is -4.35. The largest absolute Gasteiger partial charge is 0.406 e. The number of halogens is 5. The zero-order chi connectivity index (χ0) is 17.3. The molecule has 0 amide bonds. The highest BCUT2D eigenvalue weighted by Crippen LogP contribution is 2.30. The summed E-state index contributed by atoms with van der Waals surface area (Å²) < 4.78 is 60.2. The van der Waals surface area contributed by atoms with Gasteiger partial charge in [-0.1, -0.05) is 15.9 Å². The van der Waals surface area contributed by atoms with Crippen molar-refractivity contribution < 1.29 is 22.3 Å². The lowest BCUT2D eigenvalue weighted by atomic mass is 10.2. The molecule has 1 atom stereocenters. The maximum atomic E-state index is 13.2. The van der Waals surface area contributed by atoms with Crippen molar-refractivity contribution in [2.45, 2.75) is 25.3 Å². The van der Waals surface area contributed by atoms with Crippen molar-refractivity contribution in [3.63, 3.8) is 0 Å². The number of nitrogens with zero attached hydrogens (tertiary/aromatic N) is 2. The minimum absolute atomic E-state index is 0.111. The maximum Gasteiger partial charge on any atom is 0.406 e. The van der Waals surface area contributed by atoms with Crippen LogP contribution in [0.4, 0.5) is 17.6 Å². The third kappa shape index (κ3) is 3.60. The minimum Gasteiger partial charge on any atom is -0.378 e. The first kappa shape index (κ1) is 17.7. The summed E-state index contributed by atoms with van der Waals surface area (Å²) in [5.41, 5.74) is 1.50. The fourth-order valence-corrected chi connectivity index (χ4v) is 3.49. The topological polar surface area (TPSA) is 17.4 Å². The van der Waals surface area contributed by atoms with Crippen molar-refractivity contribution in [3.8, 4) is 0 Å². The molecule has 0 aliphatic carbocycles. The van der Waals surface area contributed by atoms with Gasteiger partial charge >= 0.3 is 6.18 Å². The molecule has 2 aromatic rings. The molecule has 1 aliphatic rings. The van der Waals surface area contributed by atoms with Gasteiger partial charge in [0.2, 0.25) is 0 Å². The maximum absolute atomic E-state index is 13.2. The first-order valence-electron chi connectivity index (χ1n) is 7.62. The Morgan fingerprint density at radius 1 is 1.25 bits per heavy atom. The van der Waals surface area contributed by atoms with Gasteiger partial charge in [0.1, 0.15) is 12.7 Å². The van der Waals surface area contributed by atoms with E-state index in [0.717, 1.165) is 15.4 Å². The average molecular weight is 409 g/mol. The van der Waals surface area contributed by atoms with E-state index in [1.165, 1.54) is 4.90 Å². The minimum atomic E-state index is -4.35. The van der Waals surface area contributed by atoms with Gasteiger partial charge in [-0.3, -0.25) is 4.90 Å². The molecule has 3 nitrogen and oxygen atoms in total. The molecule has 2 heterocycles. The lowest BCUT2D eigenvalue weighted by Gasteiger charge is -2.36. The Labute approximate surface area is 145 Å². The van der Waals surface area contributed by atoms with Crippen LogP contribution in [-0.4, -0.2) is 48.1 Å². The molecule has 132 valence electrons. The second kappa shape index (κ2) is 7.01. The van der Waals surface area contributed by atoms with Gasteiger partial charge in [0.25, 0.3) is 0 Å². The SMILES string of the molecule is FCCn1c(CN2CCOCC2C(F)(F)F)cc2cc(Br)ccc21. The van der Waals surface area contributed by atoms with E-state index in [1.807, 2.05) is 24.3 Å². The number of aromatic nitrogens is 1.